The Morgan fingerprint density at radius 3 is 2.29 bits per heavy atom. The maximum Gasteiger partial charge on any atom is 0.0517 e. The van der Waals surface area contributed by atoms with Crippen molar-refractivity contribution < 1.29 is 0 Å². The van der Waals surface area contributed by atoms with Crippen molar-refractivity contribution in [2.24, 2.45) is 7.05 Å². The summed E-state index contributed by atoms with van der Waals surface area (Å²) in [5.74, 6) is 0. The topological polar surface area (TPSA) is 4.93 Å². The zero-order valence-corrected chi connectivity index (χ0v) is 16.0. The van der Waals surface area contributed by atoms with Gasteiger partial charge in [-0.05, 0) is 33.7 Å². The highest BCUT2D eigenvalue weighted by molar-refractivity contribution is 7.31. The Morgan fingerprint density at radius 2 is 1.86 bits per heavy atom. The molecule has 1 atom stereocenters. The zero-order valence-electron chi connectivity index (χ0n) is 14.9. The second-order valence-corrected chi connectivity index (χ2v) is 8.24. The van der Waals surface area contributed by atoms with Crippen LogP contribution in [0, 0.1) is 0 Å². The van der Waals surface area contributed by atoms with Crippen molar-refractivity contribution in [1.29, 1.82) is 0 Å². The quantitative estimate of drug-likeness (QED) is 0.478. The van der Waals surface area contributed by atoms with Crippen molar-refractivity contribution in [3.63, 3.8) is 0 Å². The lowest BCUT2D eigenvalue weighted by molar-refractivity contribution is 0.455. The van der Waals surface area contributed by atoms with Crippen LogP contribution >= 0.6 is 9.24 Å². The molecule has 21 heavy (non-hydrogen) atoms. The Balaban J connectivity index is 3.70. The Labute approximate surface area is 133 Å². The predicted octanol–water partition coefficient (Wildman–Crippen LogP) is 5.80. The molecule has 0 spiro atoms. The summed E-state index contributed by atoms with van der Waals surface area (Å²) < 4.78 is 2.27. The first kappa shape index (κ1) is 18.2. The van der Waals surface area contributed by atoms with Crippen LogP contribution in [0.3, 0.4) is 0 Å². The lowest BCUT2D eigenvalue weighted by Gasteiger charge is -2.31. The van der Waals surface area contributed by atoms with E-state index in [0.29, 0.717) is 0 Å². The van der Waals surface area contributed by atoms with Gasteiger partial charge in [0.2, 0.25) is 0 Å². The second kappa shape index (κ2) is 6.53. The maximum absolute atomic E-state index is 3.84. The summed E-state index contributed by atoms with van der Waals surface area (Å²) in [5.41, 5.74) is 4.59. The van der Waals surface area contributed by atoms with Crippen LogP contribution < -0.4 is 0 Å². The molecule has 1 rings (SSSR count). The Kier molecular flexibility index (Phi) is 5.67. The third kappa shape index (κ3) is 3.89. The van der Waals surface area contributed by atoms with Gasteiger partial charge in [0.05, 0.1) is 5.69 Å². The number of aryl methyl sites for hydroxylation is 1. The van der Waals surface area contributed by atoms with Crippen LogP contribution in [0.4, 0.5) is 0 Å². The van der Waals surface area contributed by atoms with E-state index in [1.54, 1.807) is 0 Å². The van der Waals surface area contributed by atoms with Crippen LogP contribution in [0.2, 0.25) is 0 Å². The van der Waals surface area contributed by atoms with Crippen LogP contribution in [-0.2, 0) is 17.9 Å². The summed E-state index contributed by atoms with van der Waals surface area (Å²) in [6.07, 6.45) is 8.64. The average Bonchev–Trinajstić information content (AvgIpc) is 2.67. The van der Waals surface area contributed by atoms with Gasteiger partial charge in [0.15, 0.2) is 0 Å². The molecule has 0 bridgehead atoms. The minimum atomic E-state index is 0.148. The summed E-state index contributed by atoms with van der Waals surface area (Å²) in [5, 5.41) is 1.21. The largest absolute Gasteiger partial charge is 0.350 e. The zero-order chi connectivity index (χ0) is 16.4. The van der Waals surface area contributed by atoms with Gasteiger partial charge in [0, 0.05) is 13.2 Å². The van der Waals surface area contributed by atoms with Crippen molar-refractivity contribution >= 4 is 14.6 Å². The Morgan fingerprint density at radius 1 is 1.29 bits per heavy atom. The molecule has 0 saturated heterocycles. The predicted molar refractivity (Wildman–Crippen MR) is 99.9 cm³/mol. The van der Waals surface area contributed by atoms with E-state index in [-0.39, 0.29) is 10.8 Å². The summed E-state index contributed by atoms with van der Waals surface area (Å²) in [4.78, 5) is 0. The molecule has 0 radical (unpaired) electrons. The van der Waals surface area contributed by atoms with Gasteiger partial charge in [-0.15, -0.1) is 9.24 Å². The molecular weight excluding hydrogens is 273 g/mol. The monoisotopic (exact) mass is 305 g/mol. The van der Waals surface area contributed by atoms with Gasteiger partial charge in [-0.2, -0.15) is 0 Å². The van der Waals surface area contributed by atoms with E-state index < -0.39 is 0 Å². The molecular formula is C19H32NP. The standard InChI is InChI=1S/C19H32NP/c1-9-11-15(21)17-16(19(6,7)12-10-2)14(13-20(17)8)18(3,4)5/h9,11,13H,1,10,12,21H2,2-8H3/b15-11+. The normalized spacial score (nSPS) is 13.6. The average molecular weight is 305 g/mol. The highest BCUT2D eigenvalue weighted by Crippen LogP contribution is 2.43. The molecule has 0 aliphatic rings. The number of nitrogens with zero attached hydrogens (tertiary/aromatic N) is 1. The van der Waals surface area contributed by atoms with E-state index >= 15 is 0 Å². The molecule has 0 saturated carbocycles. The number of hydrogen-bond donors (Lipinski definition) is 0. The molecule has 1 heterocycles. The molecule has 2 heteroatoms. The molecule has 1 aromatic rings. The molecule has 1 unspecified atom stereocenters. The number of rotatable bonds is 5. The summed E-state index contributed by atoms with van der Waals surface area (Å²) >= 11 is 0. The van der Waals surface area contributed by atoms with Crippen molar-refractivity contribution in [3.05, 3.63) is 41.7 Å². The molecule has 1 aromatic heterocycles. The molecule has 0 aliphatic carbocycles. The third-order valence-corrected chi connectivity index (χ3v) is 4.58. The van der Waals surface area contributed by atoms with Crippen LogP contribution in [0.25, 0.3) is 5.31 Å². The van der Waals surface area contributed by atoms with Crippen molar-refractivity contribution in [2.75, 3.05) is 0 Å². The highest BCUT2D eigenvalue weighted by Gasteiger charge is 2.33. The fraction of sp³-hybridized carbons (Fsp3) is 0.579. The van der Waals surface area contributed by atoms with E-state index in [4.69, 9.17) is 0 Å². The lowest BCUT2D eigenvalue weighted by Crippen LogP contribution is -2.24. The minimum Gasteiger partial charge on any atom is -0.350 e. The summed E-state index contributed by atoms with van der Waals surface area (Å²) in [7, 11) is 5.03. The van der Waals surface area contributed by atoms with Gasteiger partial charge in [-0.25, -0.2) is 0 Å². The van der Waals surface area contributed by atoms with Crippen molar-refractivity contribution in [3.8, 4) is 0 Å². The van der Waals surface area contributed by atoms with E-state index in [1.807, 2.05) is 6.08 Å². The van der Waals surface area contributed by atoms with Gasteiger partial charge in [-0.3, -0.25) is 0 Å². The second-order valence-electron chi connectivity index (χ2n) is 7.62. The summed E-state index contributed by atoms with van der Waals surface area (Å²) in [6.45, 7) is 17.8. The van der Waals surface area contributed by atoms with Crippen molar-refractivity contribution in [1.82, 2.24) is 4.57 Å². The summed E-state index contributed by atoms with van der Waals surface area (Å²) in [6, 6.07) is 0. The molecule has 1 nitrogen and oxygen atoms in total. The van der Waals surface area contributed by atoms with Gasteiger partial charge in [0.1, 0.15) is 0 Å². The third-order valence-electron chi connectivity index (χ3n) is 4.11. The Hall–Kier alpha value is -0.810. The minimum absolute atomic E-state index is 0.148. The molecule has 0 aromatic carbocycles. The fourth-order valence-electron chi connectivity index (χ4n) is 3.18. The van der Waals surface area contributed by atoms with E-state index in [0.717, 1.165) is 0 Å². The fourth-order valence-corrected chi connectivity index (χ4v) is 3.67. The van der Waals surface area contributed by atoms with Crippen LogP contribution in [0.15, 0.2) is 24.9 Å². The SMILES string of the molecule is C=C/C=C(/P)c1c(C(C)(C)CCC)c(C(C)(C)C)cn1C. The van der Waals surface area contributed by atoms with Crippen LogP contribution in [0.1, 0.15) is 71.2 Å². The molecule has 0 aliphatic heterocycles. The van der Waals surface area contributed by atoms with Gasteiger partial charge < -0.3 is 4.57 Å². The van der Waals surface area contributed by atoms with Crippen LogP contribution in [0.5, 0.6) is 0 Å². The van der Waals surface area contributed by atoms with Gasteiger partial charge >= 0.3 is 0 Å². The van der Waals surface area contributed by atoms with Crippen LogP contribution in [-0.4, -0.2) is 4.57 Å². The van der Waals surface area contributed by atoms with Gasteiger partial charge in [0.25, 0.3) is 0 Å². The highest BCUT2D eigenvalue weighted by atomic mass is 31.0. The first-order valence-electron chi connectivity index (χ1n) is 7.85. The van der Waals surface area contributed by atoms with Gasteiger partial charge in [-0.1, -0.05) is 66.7 Å². The number of aromatic nitrogens is 1. The van der Waals surface area contributed by atoms with E-state index in [2.05, 4.69) is 81.2 Å². The number of hydrogen-bond acceptors (Lipinski definition) is 0. The van der Waals surface area contributed by atoms with E-state index in [1.165, 1.54) is 35.0 Å². The number of allylic oxidation sites excluding steroid dienone is 2. The molecule has 0 fully saturated rings. The molecule has 0 amide bonds. The first-order valence-corrected chi connectivity index (χ1v) is 8.42. The smallest absolute Gasteiger partial charge is 0.0517 e. The first-order chi connectivity index (χ1) is 9.56. The molecule has 0 N–H and O–H groups in total. The van der Waals surface area contributed by atoms with Crippen molar-refractivity contribution in [2.45, 2.75) is 65.2 Å². The van der Waals surface area contributed by atoms with E-state index in [9.17, 15) is 0 Å². The maximum atomic E-state index is 3.84. The lowest BCUT2D eigenvalue weighted by atomic mass is 9.73. The Bertz CT molecular complexity index is 539. The molecule has 118 valence electrons.